The van der Waals surface area contributed by atoms with Crippen LogP contribution in [0.25, 0.3) is 11.8 Å². The second kappa shape index (κ2) is 8.82. The Hall–Kier alpha value is -3.86. The molecular weight excluding hydrogens is 424 g/mol. The molecule has 2 heterocycles. The van der Waals surface area contributed by atoms with E-state index >= 15 is 0 Å². The van der Waals surface area contributed by atoms with Gasteiger partial charge in [0.25, 0.3) is 5.91 Å². The first-order valence-electron chi connectivity index (χ1n) is 11.3. The first kappa shape index (κ1) is 23.3. The molecule has 0 unspecified atom stereocenters. The Kier molecular flexibility index (Phi) is 6.05. The molecule has 0 aliphatic carbocycles. The van der Waals surface area contributed by atoms with Gasteiger partial charge in [0.1, 0.15) is 0 Å². The summed E-state index contributed by atoms with van der Waals surface area (Å²) in [6.45, 7) is 12.1. The van der Waals surface area contributed by atoms with Gasteiger partial charge in [-0.1, -0.05) is 35.9 Å². The van der Waals surface area contributed by atoms with E-state index in [0.717, 1.165) is 33.9 Å². The summed E-state index contributed by atoms with van der Waals surface area (Å²) in [6.07, 6.45) is 1.82. The number of ether oxygens (including phenoxy) is 1. The number of benzene rings is 2. The highest BCUT2D eigenvalue weighted by atomic mass is 16.5. The molecule has 3 aromatic rings. The molecule has 0 saturated carbocycles. The van der Waals surface area contributed by atoms with Crippen molar-refractivity contribution in [1.29, 1.82) is 0 Å². The summed E-state index contributed by atoms with van der Waals surface area (Å²) in [5.41, 5.74) is 9.47. The van der Waals surface area contributed by atoms with Crippen LogP contribution in [0.2, 0.25) is 0 Å². The Balaban J connectivity index is 1.88. The summed E-state index contributed by atoms with van der Waals surface area (Å²) in [5, 5.41) is 0. The van der Waals surface area contributed by atoms with Crippen LogP contribution in [-0.2, 0) is 14.3 Å². The Bertz CT molecular complexity index is 1350. The van der Waals surface area contributed by atoms with E-state index in [2.05, 4.69) is 49.6 Å². The number of hydrogen-bond donors (Lipinski definition) is 0. The summed E-state index contributed by atoms with van der Waals surface area (Å²) < 4.78 is 7.27. The van der Waals surface area contributed by atoms with E-state index in [-0.39, 0.29) is 5.91 Å². The monoisotopic (exact) mass is 454 g/mol. The molecular formula is C29H30N2O3. The largest absolute Gasteiger partial charge is 0.465 e. The van der Waals surface area contributed by atoms with E-state index < -0.39 is 5.97 Å². The third-order valence-electron chi connectivity index (χ3n) is 6.51. The minimum absolute atomic E-state index is 0.237. The quantitative estimate of drug-likeness (QED) is 0.364. The molecule has 5 heteroatoms. The maximum atomic E-state index is 13.6. The van der Waals surface area contributed by atoms with Crippen molar-refractivity contribution >= 4 is 23.6 Å². The van der Waals surface area contributed by atoms with Crippen LogP contribution in [0.5, 0.6) is 0 Å². The van der Waals surface area contributed by atoms with Crippen molar-refractivity contribution in [2.45, 2.75) is 41.5 Å². The number of carbonyl (C=O) groups is 2. The molecule has 34 heavy (non-hydrogen) atoms. The van der Waals surface area contributed by atoms with Gasteiger partial charge in [0.2, 0.25) is 0 Å². The fourth-order valence-corrected chi connectivity index (χ4v) is 4.78. The van der Waals surface area contributed by atoms with Crippen molar-refractivity contribution in [3.63, 3.8) is 0 Å². The van der Waals surface area contributed by atoms with Crippen LogP contribution in [0.4, 0.5) is 5.69 Å². The number of hydrogen-bond acceptors (Lipinski definition) is 3. The van der Waals surface area contributed by atoms with Crippen LogP contribution in [-0.4, -0.2) is 23.6 Å². The lowest BCUT2D eigenvalue weighted by Gasteiger charge is -2.18. The molecule has 0 saturated heterocycles. The van der Waals surface area contributed by atoms with Gasteiger partial charge in [-0.2, -0.15) is 0 Å². The van der Waals surface area contributed by atoms with E-state index in [4.69, 9.17) is 4.74 Å². The number of carbonyl (C=O) groups excluding carboxylic acids is 2. The molecule has 1 aliphatic heterocycles. The molecule has 174 valence electrons. The van der Waals surface area contributed by atoms with Gasteiger partial charge in [0.15, 0.2) is 0 Å². The van der Waals surface area contributed by atoms with Gasteiger partial charge in [-0.25, -0.2) is 4.79 Å². The number of methoxy groups -OCH3 is 1. The van der Waals surface area contributed by atoms with Gasteiger partial charge in [0, 0.05) is 22.8 Å². The second-order valence-electron chi connectivity index (χ2n) is 8.89. The normalized spacial score (nSPS) is 15.0. The number of anilines is 1. The number of amides is 1. The van der Waals surface area contributed by atoms with Gasteiger partial charge in [-0.3, -0.25) is 9.69 Å². The Morgan fingerprint density at radius 1 is 0.912 bits per heavy atom. The van der Waals surface area contributed by atoms with Crippen molar-refractivity contribution in [3.05, 3.63) is 99.0 Å². The third kappa shape index (κ3) is 3.77. The lowest BCUT2D eigenvalue weighted by Crippen LogP contribution is -2.24. The fraction of sp³-hybridized carbons (Fsp3) is 0.241. The summed E-state index contributed by atoms with van der Waals surface area (Å²) >= 11 is 0. The van der Waals surface area contributed by atoms with Gasteiger partial charge in [-0.15, -0.1) is 0 Å². The molecule has 1 aromatic heterocycles. The summed E-state index contributed by atoms with van der Waals surface area (Å²) in [5.74, 6) is -0.756. The molecule has 0 N–H and O–H groups in total. The van der Waals surface area contributed by atoms with Crippen LogP contribution in [0, 0.1) is 34.6 Å². The number of para-hydroxylation sites is 1. The van der Waals surface area contributed by atoms with E-state index in [1.165, 1.54) is 18.2 Å². The van der Waals surface area contributed by atoms with E-state index in [0.29, 0.717) is 16.8 Å². The fourth-order valence-electron chi connectivity index (χ4n) is 4.78. The smallest absolute Gasteiger partial charge is 0.340 e. The van der Waals surface area contributed by atoms with Gasteiger partial charge >= 0.3 is 5.97 Å². The van der Waals surface area contributed by atoms with Crippen molar-refractivity contribution in [2.24, 2.45) is 0 Å². The zero-order valence-corrected chi connectivity index (χ0v) is 20.8. The van der Waals surface area contributed by atoms with Crippen molar-refractivity contribution < 1.29 is 14.3 Å². The molecule has 0 fully saturated rings. The standard InChI is InChI=1S/C29H30N2O3/c1-17-11-13-24(14-12-17)31-22(6)26(29(33)34-7)25(28(31)32)16-23-15-20(4)30(21(23)5)27-18(2)9-8-10-19(27)3/h8-16H,1-7H3/b25-16-. The molecule has 5 nitrogen and oxygen atoms in total. The van der Waals surface area contributed by atoms with Crippen LogP contribution in [0.15, 0.2) is 65.4 Å². The molecule has 2 aromatic carbocycles. The highest BCUT2D eigenvalue weighted by Gasteiger charge is 2.38. The Morgan fingerprint density at radius 2 is 1.53 bits per heavy atom. The first-order chi connectivity index (χ1) is 16.1. The first-order valence-corrected chi connectivity index (χ1v) is 11.3. The van der Waals surface area contributed by atoms with Crippen LogP contribution >= 0.6 is 0 Å². The average Bonchev–Trinajstić information content (AvgIpc) is 3.21. The number of aryl methyl sites for hydroxylation is 4. The van der Waals surface area contributed by atoms with E-state index in [1.54, 1.807) is 11.8 Å². The molecule has 0 radical (unpaired) electrons. The number of allylic oxidation sites excluding steroid dienone is 1. The highest BCUT2D eigenvalue weighted by Crippen LogP contribution is 2.36. The molecule has 0 spiro atoms. The Morgan fingerprint density at radius 3 is 2.12 bits per heavy atom. The maximum Gasteiger partial charge on any atom is 0.340 e. The maximum absolute atomic E-state index is 13.6. The zero-order chi connectivity index (χ0) is 24.7. The average molecular weight is 455 g/mol. The molecule has 1 aliphatic rings. The highest BCUT2D eigenvalue weighted by molar-refractivity contribution is 6.23. The van der Waals surface area contributed by atoms with Crippen molar-refractivity contribution in [3.8, 4) is 5.69 Å². The SMILES string of the molecule is COC(=O)C1=C(C)N(c2ccc(C)cc2)C(=O)/C1=C\c1cc(C)n(-c2c(C)cccc2C)c1C. The molecule has 4 rings (SSSR count). The van der Waals surface area contributed by atoms with E-state index in [9.17, 15) is 9.59 Å². The van der Waals surface area contributed by atoms with Crippen LogP contribution in [0.3, 0.4) is 0 Å². The lowest BCUT2D eigenvalue weighted by molar-refractivity contribution is -0.136. The van der Waals surface area contributed by atoms with E-state index in [1.807, 2.05) is 44.2 Å². The number of esters is 1. The predicted octanol–water partition coefficient (Wildman–Crippen LogP) is 5.90. The predicted molar refractivity (Wildman–Crippen MR) is 136 cm³/mol. The van der Waals surface area contributed by atoms with Crippen LogP contribution < -0.4 is 4.90 Å². The minimum Gasteiger partial charge on any atom is -0.465 e. The number of aromatic nitrogens is 1. The molecule has 0 atom stereocenters. The third-order valence-corrected chi connectivity index (χ3v) is 6.51. The second-order valence-corrected chi connectivity index (χ2v) is 8.89. The topological polar surface area (TPSA) is 51.5 Å². The van der Waals surface area contributed by atoms with Gasteiger partial charge in [-0.05, 0) is 82.5 Å². The number of rotatable bonds is 4. The number of nitrogens with zero attached hydrogens (tertiary/aromatic N) is 2. The Labute approximate surface area is 201 Å². The van der Waals surface area contributed by atoms with Crippen molar-refractivity contribution in [1.82, 2.24) is 4.57 Å². The minimum atomic E-state index is -0.518. The summed E-state index contributed by atoms with van der Waals surface area (Å²) in [4.78, 5) is 28.0. The zero-order valence-electron chi connectivity index (χ0n) is 20.8. The van der Waals surface area contributed by atoms with Crippen molar-refractivity contribution in [2.75, 3.05) is 12.0 Å². The van der Waals surface area contributed by atoms with Crippen LogP contribution in [0.1, 0.15) is 40.6 Å². The summed E-state index contributed by atoms with van der Waals surface area (Å²) in [7, 11) is 1.34. The molecule has 1 amide bonds. The summed E-state index contributed by atoms with van der Waals surface area (Å²) in [6, 6.07) is 16.0. The lowest BCUT2D eigenvalue weighted by atomic mass is 10.0. The van der Waals surface area contributed by atoms with Gasteiger partial charge in [0.05, 0.1) is 23.9 Å². The van der Waals surface area contributed by atoms with Gasteiger partial charge < -0.3 is 9.30 Å². The molecule has 0 bridgehead atoms.